The molecule has 0 aromatic heterocycles. The van der Waals surface area contributed by atoms with Crippen molar-refractivity contribution in [2.45, 2.75) is 12.5 Å². The molecule has 0 radical (unpaired) electrons. The number of aliphatic carboxylic acids is 1. The molecule has 0 spiro atoms. The van der Waals surface area contributed by atoms with Gasteiger partial charge in [0.25, 0.3) is 0 Å². The zero-order valence-electron chi connectivity index (χ0n) is 7.51. The molecule has 76 valence electrons. The van der Waals surface area contributed by atoms with Gasteiger partial charge in [0, 0.05) is 6.04 Å². The maximum absolute atomic E-state index is 10.8. The van der Waals surface area contributed by atoms with Crippen molar-refractivity contribution < 1.29 is 9.90 Å². The number of halogens is 1. The summed E-state index contributed by atoms with van der Waals surface area (Å²) in [6.45, 7) is 0. The van der Waals surface area contributed by atoms with Gasteiger partial charge in [-0.1, -0.05) is 24.3 Å². The van der Waals surface area contributed by atoms with Crippen LogP contribution < -0.4 is 5.73 Å². The number of carboxylic acids is 1. The minimum Gasteiger partial charge on any atom is -0.481 e. The number of benzene rings is 1. The summed E-state index contributed by atoms with van der Waals surface area (Å²) >= 11 is 0. The zero-order chi connectivity index (χ0) is 9.42. The number of rotatable bonds is 1. The number of hydrogen-bond acceptors (Lipinski definition) is 2. The van der Waals surface area contributed by atoms with Gasteiger partial charge < -0.3 is 10.8 Å². The van der Waals surface area contributed by atoms with Gasteiger partial charge in [-0.2, -0.15) is 0 Å². The van der Waals surface area contributed by atoms with Crippen LogP contribution in [0.2, 0.25) is 0 Å². The topological polar surface area (TPSA) is 63.3 Å². The van der Waals surface area contributed by atoms with E-state index in [-0.39, 0.29) is 18.4 Å². The van der Waals surface area contributed by atoms with Crippen molar-refractivity contribution in [3.63, 3.8) is 0 Å². The Kier molecular flexibility index (Phi) is 3.13. The summed E-state index contributed by atoms with van der Waals surface area (Å²) in [6, 6.07) is 7.31. The molecule has 1 aromatic carbocycles. The van der Waals surface area contributed by atoms with Gasteiger partial charge in [-0.15, -0.1) is 12.4 Å². The van der Waals surface area contributed by atoms with E-state index in [1.54, 1.807) is 0 Å². The van der Waals surface area contributed by atoms with Crippen LogP contribution in [0.1, 0.15) is 17.2 Å². The minimum atomic E-state index is -0.802. The van der Waals surface area contributed by atoms with E-state index in [0.717, 1.165) is 11.1 Å². The Labute approximate surface area is 88.3 Å². The monoisotopic (exact) mass is 213 g/mol. The third-order valence-electron chi connectivity index (χ3n) is 2.60. The van der Waals surface area contributed by atoms with Crippen LogP contribution in [0, 0.1) is 5.92 Å². The highest BCUT2D eigenvalue weighted by molar-refractivity contribution is 5.85. The van der Waals surface area contributed by atoms with E-state index >= 15 is 0 Å². The summed E-state index contributed by atoms with van der Waals surface area (Å²) in [7, 11) is 0. The molecule has 0 saturated carbocycles. The van der Waals surface area contributed by atoms with Crippen molar-refractivity contribution in [3.05, 3.63) is 35.4 Å². The van der Waals surface area contributed by atoms with Gasteiger partial charge in [-0.05, 0) is 17.5 Å². The molecular weight excluding hydrogens is 202 g/mol. The highest BCUT2D eigenvalue weighted by atomic mass is 35.5. The largest absolute Gasteiger partial charge is 0.481 e. The van der Waals surface area contributed by atoms with Crippen molar-refractivity contribution in [3.8, 4) is 0 Å². The fourth-order valence-corrected chi connectivity index (χ4v) is 1.87. The van der Waals surface area contributed by atoms with Crippen molar-refractivity contribution in [2.75, 3.05) is 0 Å². The van der Waals surface area contributed by atoms with E-state index in [4.69, 9.17) is 10.8 Å². The lowest BCUT2D eigenvalue weighted by atomic mass is 10.0. The molecule has 0 aliphatic heterocycles. The number of fused-ring (bicyclic) bond motifs is 1. The van der Waals surface area contributed by atoms with Crippen molar-refractivity contribution in [1.29, 1.82) is 0 Å². The van der Waals surface area contributed by atoms with Crippen LogP contribution in [0.25, 0.3) is 0 Å². The Hall–Kier alpha value is -1.06. The molecule has 0 amide bonds. The fourth-order valence-electron chi connectivity index (χ4n) is 1.87. The molecular formula is C10H12ClNO2. The predicted molar refractivity (Wildman–Crippen MR) is 55.4 cm³/mol. The summed E-state index contributed by atoms with van der Waals surface area (Å²) in [5.74, 6) is -1.25. The van der Waals surface area contributed by atoms with E-state index in [1.165, 1.54) is 0 Å². The lowest BCUT2D eigenvalue weighted by Gasteiger charge is -2.09. The number of hydrogen-bond donors (Lipinski definition) is 2. The normalized spacial score (nSPS) is 23.8. The average molecular weight is 214 g/mol. The van der Waals surface area contributed by atoms with Crippen LogP contribution in [-0.4, -0.2) is 11.1 Å². The third-order valence-corrected chi connectivity index (χ3v) is 2.60. The van der Waals surface area contributed by atoms with Crippen LogP contribution in [0.15, 0.2) is 24.3 Å². The molecule has 4 heteroatoms. The Balaban J connectivity index is 0.000000980. The molecule has 1 aromatic rings. The first-order valence-electron chi connectivity index (χ1n) is 4.26. The fraction of sp³-hybridized carbons (Fsp3) is 0.300. The van der Waals surface area contributed by atoms with Gasteiger partial charge in [0.2, 0.25) is 0 Å². The van der Waals surface area contributed by atoms with Gasteiger partial charge in [-0.25, -0.2) is 0 Å². The standard InChI is InChI=1S/C10H11NO2.ClH/c11-9-7-4-2-1-3-6(7)5-8(9)10(12)13;/h1-4,8-9H,5,11H2,(H,12,13);1H. The Morgan fingerprint density at radius 1 is 1.43 bits per heavy atom. The van der Waals surface area contributed by atoms with Crippen LogP contribution in [0.3, 0.4) is 0 Å². The second-order valence-corrected chi connectivity index (χ2v) is 3.37. The molecule has 3 N–H and O–H groups in total. The predicted octanol–water partition coefficient (Wildman–Crippen LogP) is 1.37. The number of carbonyl (C=O) groups is 1. The Bertz CT molecular complexity index is 354. The van der Waals surface area contributed by atoms with E-state index in [9.17, 15) is 4.79 Å². The molecule has 14 heavy (non-hydrogen) atoms. The molecule has 3 nitrogen and oxygen atoms in total. The van der Waals surface area contributed by atoms with Crippen LogP contribution in [0.4, 0.5) is 0 Å². The van der Waals surface area contributed by atoms with Gasteiger partial charge in [0.05, 0.1) is 5.92 Å². The molecule has 2 atom stereocenters. The highest BCUT2D eigenvalue weighted by Gasteiger charge is 2.34. The van der Waals surface area contributed by atoms with E-state index in [1.807, 2.05) is 24.3 Å². The first-order chi connectivity index (χ1) is 6.20. The van der Waals surface area contributed by atoms with Crippen molar-refractivity contribution >= 4 is 18.4 Å². The van der Waals surface area contributed by atoms with Crippen molar-refractivity contribution in [2.24, 2.45) is 11.7 Å². The second kappa shape index (κ2) is 3.98. The van der Waals surface area contributed by atoms with Crippen LogP contribution >= 0.6 is 12.4 Å². The lowest BCUT2D eigenvalue weighted by molar-refractivity contribution is -0.142. The van der Waals surface area contributed by atoms with E-state index in [2.05, 4.69) is 0 Å². The minimum absolute atomic E-state index is 0. The van der Waals surface area contributed by atoms with Gasteiger partial charge >= 0.3 is 5.97 Å². The van der Waals surface area contributed by atoms with E-state index < -0.39 is 11.9 Å². The summed E-state index contributed by atoms with van der Waals surface area (Å²) in [6.07, 6.45) is 0.562. The first-order valence-corrected chi connectivity index (χ1v) is 4.26. The maximum Gasteiger partial charge on any atom is 0.308 e. The van der Waals surface area contributed by atoms with Crippen LogP contribution in [0.5, 0.6) is 0 Å². The summed E-state index contributed by atoms with van der Waals surface area (Å²) in [4.78, 5) is 10.8. The van der Waals surface area contributed by atoms with Gasteiger partial charge in [0.1, 0.15) is 0 Å². The number of carboxylic acid groups (broad SMARTS) is 1. The Morgan fingerprint density at radius 2 is 2.07 bits per heavy atom. The summed E-state index contributed by atoms with van der Waals surface area (Å²) in [5.41, 5.74) is 7.86. The van der Waals surface area contributed by atoms with E-state index in [0.29, 0.717) is 6.42 Å². The second-order valence-electron chi connectivity index (χ2n) is 3.37. The smallest absolute Gasteiger partial charge is 0.308 e. The molecule has 1 aliphatic carbocycles. The Morgan fingerprint density at radius 3 is 2.64 bits per heavy atom. The maximum atomic E-state index is 10.8. The van der Waals surface area contributed by atoms with Gasteiger partial charge in [0.15, 0.2) is 0 Å². The lowest BCUT2D eigenvalue weighted by Crippen LogP contribution is -2.24. The van der Waals surface area contributed by atoms with Crippen LogP contribution in [-0.2, 0) is 11.2 Å². The molecule has 0 fully saturated rings. The zero-order valence-corrected chi connectivity index (χ0v) is 8.33. The summed E-state index contributed by atoms with van der Waals surface area (Å²) < 4.78 is 0. The first kappa shape index (κ1) is 11.0. The highest BCUT2D eigenvalue weighted by Crippen LogP contribution is 2.33. The summed E-state index contributed by atoms with van der Waals surface area (Å²) in [5, 5.41) is 8.88. The van der Waals surface area contributed by atoms with Gasteiger partial charge in [-0.3, -0.25) is 4.79 Å². The SMILES string of the molecule is Cl.NC1c2ccccc2CC1C(=O)O. The third kappa shape index (κ3) is 1.61. The number of nitrogens with two attached hydrogens (primary N) is 1. The average Bonchev–Trinajstić information content (AvgIpc) is 2.45. The molecule has 2 unspecified atom stereocenters. The molecule has 0 heterocycles. The quantitative estimate of drug-likeness (QED) is 0.741. The molecule has 1 aliphatic rings. The molecule has 2 rings (SSSR count). The molecule has 0 saturated heterocycles. The van der Waals surface area contributed by atoms with Crippen molar-refractivity contribution in [1.82, 2.24) is 0 Å². The molecule has 0 bridgehead atoms.